The van der Waals surface area contributed by atoms with E-state index in [9.17, 15) is 4.79 Å². The molecule has 1 aromatic carbocycles. The van der Waals surface area contributed by atoms with Gasteiger partial charge in [0.05, 0.1) is 0 Å². The highest BCUT2D eigenvalue weighted by Gasteiger charge is 2.25. The summed E-state index contributed by atoms with van der Waals surface area (Å²) in [5, 5.41) is 2.05. The first kappa shape index (κ1) is 12.4. The highest BCUT2D eigenvalue weighted by Crippen LogP contribution is 2.29. The summed E-state index contributed by atoms with van der Waals surface area (Å²) in [6.45, 7) is 3.98. The van der Waals surface area contributed by atoms with Gasteiger partial charge in [-0.1, -0.05) is 31.2 Å². The van der Waals surface area contributed by atoms with Gasteiger partial charge < -0.3 is 4.90 Å². The number of nitrogens with zero attached hydrogens (tertiary/aromatic N) is 1. The minimum Gasteiger partial charge on any atom is -0.338 e. The summed E-state index contributed by atoms with van der Waals surface area (Å²) in [4.78, 5) is 15.8. The molecule has 1 saturated heterocycles. The van der Waals surface area contributed by atoms with E-state index in [1.165, 1.54) is 0 Å². The molecule has 0 spiro atoms. The number of amides is 1. The normalized spacial score (nSPS) is 18.8. The van der Waals surface area contributed by atoms with Crippen LogP contribution in [0.25, 0.3) is 10.4 Å². The molecule has 1 fully saturated rings. The fourth-order valence-corrected chi connectivity index (χ4v) is 3.37. The molecule has 2 aromatic rings. The summed E-state index contributed by atoms with van der Waals surface area (Å²) < 4.78 is 0. The second kappa shape index (κ2) is 5.17. The second-order valence-corrected chi connectivity index (χ2v) is 6.12. The maximum Gasteiger partial charge on any atom is 0.254 e. The van der Waals surface area contributed by atoms with Crippen molar-refractivity contribution < 1.29 is 4.79 Å². The highest BCUT2D eigenvalue weighted by molar-refractivity contribution is 7.13. The Labute approximate surface area is 117 Å². The maximum atomic E-state index is 12.6. The fourth-order valence-electron chi connectivity index (χ4n) is 2.61. The molecule has 0 aliphatic carbocycles. The van der Waals surface area contributed by atoms with E-state index >= 15 is 0 Å². The number of benzene rings is 1. The lowest BCUT2D eigenvalue weighted by atomic mass is 10.0. The first-order valence-electron chi connectivity index (χ1n) is 6.68. The van der Waals surface area contributed by atoms with Gasteiger partial charge in [-0.25, -0.2) is 0 Å². The molecular formula is C16H17NOS. The fraction of sp³-hybridized carbons (Fsp3) is 0.312. The second-order valence-electron chi connectivity index (χ2n) is 5.17. The van der Waals surface area contributed by atoms with Crippen LogP contribution in [0.1, 0.15) is 23.7 Å². The third-order valence-corrected chi connectivity index (χ3v) is 4.56. The number of likely N-dealkylation sites (tertiary alicyclic amines) is 1. The molecule has 0 saturated carbocycles. The molecule has 1 amide bonds. The zero-order valence-corrected chi connectivity index (χ0v) is 11.8. The van der Waals surface area contributed by atoms with Gasteiger partial charge in [0.15, 0.2) is 0 Å². The Hall–Kier alpha value is -1.61. The lowest BCUT2D eigenvalue weighted by Crippen LogP contribution is -2.28. The van der Waals surface area contributed by atoms with Crippen molar-refractivity contribution in [3.63, 3.8) is 0 Å². The van der Waals surface area contributed by atoms with Crippen LogP contribution in [0.5, 0.6) is 0 Å². The highest BCUT2D eigenvalue weighted by atomic mass is 32.1. The molecule has 0 N–H and O–H groups in total. The topological polar surface area (TPSA) is 20.3 Å². The number of carbonyl (C=O) groups is 1. The lowest BCUT2D eigenvalue weighted by Gasteiger charge is -2.17. The van der Waals surface area contributed by atoms with Crippen LogP contribution in [0.3, 0.4) is 0 Å². The molecular weight excluding hydrogens is 254 g/mol. The molecule has 0 bridgehead atoms. The number of carbonyl (C=O) groups excluding carboxylic acids is 1. The molecule has 3 heteroatoms. The van der Waals surface area contributed by atoms with Crippen LogP contribution in [0.2, 0.25) is 0 Å². The molecule has 2 heterocycles. The predicted octanol–water partition coefficient (Wildman–Crippen LogP) is 3.90. The lowest BCUT2D eigenvalue weighted by molar-refractivity contribution is 0.0789. The number of thiophene rings is 1. The number of hydrogen-bond acceptors (Lipinski definition) is 2. The van der Waals surface area contributed by atoms with Gasteiger partial charge in [-0.15, -0.1) is 11.3 Å². The van der Waals surface area contributed by atoms with Gasteiger partial charge in [0.2, 0.25) is 0 Å². The molecule has 3 rings (SSSR count). The van der Waals surface area contributed by atoms with Gasteiger partial charge in [0.1, 0.15) is 0 Å². The maximum absolute atomic E-state index is 12.6. The summed E-state index contributed by atoms with van der Waals surface area (Å²) in [5.74, 6) is 0.797. The van der Waals surface area contributed by atoms with Crippen molar-refractivity contribution in [2.24, 2.45) is 5.92 Å². The van der Waals surface area contributed by atoms with Crippen molar-refractivity contribution in [2.45, 2.75) is 13.3 Å². The van der Waals surface area contributed by atoms with Gasteiger partial charge in [-0.2, -0.15) is 0 Å². The monoisotopic (exact) mass is 271 g/mol. The Morgan fingerprint density at radius 2 is 2.11 bits per heavy atom. The van der Waals surface area contributed by atoms with E-state index < -0.39 is 0 Å². The molecule has 1 aliphatic rings. The molecule has 2 nitrogen and oxygen atoms in total. The van der Waals surface area contributed by atoms with Gasteiger partial charge >= 0.3 is 0 Å². The van der Waals surface area contributed by atoms with E-state index in [0.29, 0.717) is 5.92 Å². The van der Waals surface area contributed by atoms with Crippen molar-refractivity contribution in [1.29, 1.82) is 0 Å². The van der Waals surface area contributed by atoms with E-state index in [0.717, 1.165) is 35.5 Å². The SMILES string of the molecule is CC1CCN(C(=O)c2ccccc2-c2cccs2)C1. The third kappa shape index (κ3) is 2.43. The van der Waals surface area contributed by atoms with Gasteiger partial charge in [-0.3, -0.25) is 4.79 Å². The quantitative estimate of drug-likeness (QED) is 0.811. The van der Waals surface area contributed by atoms with Crippen LogP contribution in [0, 0.1) is 5.92 Å². The van der Waals surface area contributed by atoms with E-state index in [2.05, 4.69) is 18.4 Å². The van der Waals surface area contributed by atoms with E-state index in [-0.39, 0.29) is 5.91 Å². The first-order valence-corrected chi connectivity index (χ1v) is 7.56. The van der Waals surface area contributed by atoms with Crippen LogP contribution in [-0.2, 0) is 0 Å². The molecule has 19 heavy (non-hydrogen) atoms. The van der Waals surface area contributed by atoms with Gasteiger partial charge in [0.25, 0.3) is 5.91 Å². The first-order chi connectivity index (χ1) is 9.25. The minimum atomic E-state index is 0.174. The largest absolute Gasteiger partial charge is 0.338 e. The van der Waals surface area contributed by atoms with Crippen molar-refractivity contribution in [3.05, 3.63) is 47.3 Å². The van der Waals surface area contributed by atoms with Crippen LogP contribution < -0.4 is 0 Å². The zero-order chi connectivity index (χ0) is 13.2. The van der Waals surface area contributed by atoms with Gasteiger partial charge in [0, 0.05) is 29.1 Å². The minimum absolute atomic E-state index is 0.174. The van der Waals surface area contributed by atoms with Crippen molar-refractivity contribution in [3.8, 4) is 10.4 Å². The number of hydrogen-bond donors (Lipinski definition) is 0. The van der Waals surface area contributed by atoms with Crippen LogP contribution in [0.15, 0.2) is 41.8 Å². The average Bonchev–Trinajstić information content (AvgIpc) is 3.09. The van der Waals surface area contributed by atoms with Crippen LogP contribution in [0.4, 0.5) is 0 Å². The Bertz CT molecular complexity index is 576. The molecule has 1 atom stereocenters. The predicted molar refractivity (Wildman–Crippen MR) is 79.4 cm³/mol. The summed E-state index contributed by atoms with van der Waals surface area (Å²) in [7, 11) is 0. The standard InChI is InChI=1S/C16H17NOS/c1-12-8-9-17(11-12)16(18)14-6-3-2-5-13(14)15-7-4-10-19-15/h2-7,10,12H,8-9,11H2,1H3. The van der Waals surface area contributed by atoms with E-state index in [1.807, 2.05) is 35.2 Å². The van der Waals surface area contributed by atoms with E-state index in [1.54, 1.807) is 11.3 Å². The Balaban J connectivity index is 1.95. The summed E-state index contributed by atoms with van der Waals surface area (Å²) in [5.41, 5.74) is 1.89. The van der Waals surface area contributed by atoms with Crippen LogP contribution >= 0.6 is 11.3 Å². The zero-order valence-electron chi connectivity index (χ0n) is 11.0. The van der Waals surface area contributed by atoms with Crippen molar-refractivity contribution in [1.82, 2.24) is 4.90 Å². The summed E-state index contributed by atoms with van der Waals surface area (Å²) in [6, 6.07) is 12.0. The molecule has 1 aromatic heterocycles. The molecule has 1 aliphatic heterocycles. The smallest absolute Gasteiger partial charge is 0.254 e. The molecule has 1 unspecified atom stereocenters. The van der Waals surface area contributed by atoms with Crippen molar-refractivity contribution >= 4 is 17.2 Å². The average molecular weight is 271 g/mol. The molecule has 98 valence electrons. The Morgan fingerprint density at radius 1 is 1.26 bits per heavy atom. The Kier molecular flexibility index (Phi) is 3.38. The number of rotatable bonds is 2. The summed E-state index contributed by atoms with van der Waals surface area (Å²) in [6.07, 6.45) is 1.12. The molecule has 0 radical (unpaired) electrons. The van der Waals surface area contributed by atoms with Crippen LogP contribution in [-0.4, -0.2) is 23.9 Å². The summed E-state index contributed by atoms with van der Waals surface area (Å²) >= 11 is 1.68. The van der Waals surface area contributed by atoms with Crippen molar-refractivity contribution in [2.75, 3.05) is 13.1 Å². The Morgan fingerprint density at radius 3 is 2.79 bits per heavy atom. The van der Waals surface area contributed by atoms with E-state index in [4.69, 9.17) is 0 Å². The van der Waals surface area contributed by atoms with Gasteiger partial charge in [-0.05, 0) is 29.9 Å². The third-order valence-electron chi connectivity index (χ3n) is 3.66.